The van der Waals surface area contributed by atoms with Crippen LogP contribution in [0.1, 0.15) is 0 Å². The summed E-state index contributed by atoms with van der Waals surface area (Å²) >= 11 is 0. The van der Waals surface area contributed by atoms with Gasteiger partial charge in [0.1, 0.15) is 5.52 Å². The van der Waals surface area contributed by atoms with Crippen LogP contribution in [0, 0.1) is 0 Å². The average Bonchev–Trinajstić information content (AvgIpc) is 2.75. The molecule has 5 N–H and O–H groups in total. The summed E-state index contributed by atoms with van der Waals surface area (Å²) in [7, 11) is -1.81. The number of imidazole rings is 1. The van der Waals surface area contributed by atoms with Gasteiger partial charge in [0.25, 0.3) is 0 Å². The highest BCUT2D eigenvalue weighted by molar-refractivity contribution is 7.89. The van der Waals surface area contributed by atoms with Gasteiger partial charge in [-0.1, -0.05) is 0 Å². The lowest BCUT2D eigenvalue weighted by molar-refractivity contribution is 0.598. The van der Waals surface area contributed by atoms with E-state index in [1.807, 2.05) is 0 Å². The number of sulfonamides is 1. The van der Waals surface area contributed by atoms with Crippen molar-refractivity contribution in [2.24, 2.45) is 5.14 Å². The largest absolute Gasteiger partial charge is 0.367 e. The molecule has 2 aromatic heterocycles. The Labute approximate surface area is 103 Å². The first-order valence-corrected chi connectivity index (χ1v) is 6.84. The van der Waals surface area contributed by atoms with Crippen LogP contribution in [-0.2, 0) is 10.0 Å². The smallest absolute Gasteiger partial charge is 0.226 e. The zero-order chi connectivity index (χ0) is 13.2. The molecule has 18 heavy (non-hydrogen) atoms. The fourth-order valence-corrected chi connectivity index (χ4v) is 1.77. The molecule has 10 heteroatoms. The number of hydrogen-bond acceptors (Lipinski definition) is 7. The minimum absolute atomic E-state index is 0.160. The molecule has 0 spiro atoms. The second kappa shape index (κ2) is 4.74. The van der Waals surface area contributed by atoms with Gasteiger partial charge < -0.3 is 15.6 Å². The number of aromatic nitrogens is 4. The van der Waals surface area contributed by atoms with Crippen molar-refractivity contribution < 1.29 is 8.42 Å². The van der Waals surface area contributed by atoms with Crippen molar-refractivity contribution in [3.05, 3.63) is 6.33 Å². The maximum absolute atomic E-state index is 10.8. The van der Waals surface area contributed by atoms with Crippen molar-refractivity contribution in [3.63, 3.8) is 0 Å². The number of H-pyrrole nitrogens is 1. The van der Waals surface area contributed by atoms with Crippen LogP contribution in [0.2, 0.25) is 0 Å². The zero-order valence-electron chi connectivity index (χ0n) is 9.64. The first-order valence-electron chi connectivity index (χ1n) is 5.13. The molecule has 0 bridgehead atoms. The van der Waals surface area contributed by atoms with Crippen LogP contribution in [0.25, 0.3) is 11.2 Å². The molecule has 0 fully saturated rings. The number of fused-ring (bicyclic) bond motifs is 1. The molecule has 98 valence electrons. The highest BCUT2D eigenvalue weighted by atomic mass is 32.2. The van der Waals surface area contributed by atoms with Crippen molar-refractivity contribution >= 4 is 33.0 Å². The summed E-state index contributed by atoms with van der Waals surface area (Å²) in [5.41, 5.74) is 1.11. The van der Waals surface area contributed by atoms with Crippen LogP contribution < -0.4 is 15.8 Å². The third kappa shape index (κ3) is 2.84. The average molecular weight is 271 g/mol. The molecule has 9 nitrogen and oxygen atoms in total. The molecule has 0 saturated heterocycles. The molecule has 0 saturated carbocycles. The highest BCUT2D eigenvalue weighted by Crippen LogP contribution is 2.17. The van der Waals surface area contributed by atoms with Crippen LogP contribution in [0.5, 0.6) is 0 Å². The third-order valence-electron chi connectivity index (χ3n) is 2.19. The minimum Gasteiger partial charge on any atom is -0.367 e. The molecular formula is C8H13N7O2S. The van der Waals surface area contributed by atoms with E-state index in [2.05, 4.69) is 30.6 Å². The molecule has 0 aromatic carbocycles. The first-order chi connectivity index (χ1) is 8.49. The number of anilines is 2. The Morgan fingerprint density at radius 2 is 2.22 bits per heavy atom. The second-order valence-electron chi connectivity index (χ2n) is 3.54. The monoisotopic (exact) mass is 271 g/mol. The molecule has 2 aromatic rings. The Morgan fingerprint density at radius 1 is 1.44 bits per heavy atom. The molecule has 2 heterocycles. The number of nitrogens with two attached hydrogens (primary N) is 1. The summed E-state index contributed by atoms with van der Waals surface area (Å²) in [6.45, 7) is 0.160. The van der Waals surface area contributed by atoms with E-state index in [4.69, 9.17) is 5.14 Å². The van der Waals surface area contributed by atoms with Gasteiger partial charge in [0.05, 0.1) is 12.1 Å². The van der Waals surface area contributed by atoms with Gasteiger partial charge in [-0.3, -0.25) is 0 Å². The third-order valence-corrected chi connectivity index (χ3v) is 2.96. The lowest BCUT2D eigenvalue weighted by Gasteiger charge is -2.07. The van der Waals surface area contributed by atoms with E-state index >= 15 is 0 Å². The SMILES string of the molecule is CNc1nc(NCCS(N)(=O)=O)c2[nH]cnc2n1. The molecule has 0 radical (unpaired) electrons. The maximum Gasteiger partial charge on any atom is 0.226 e. The Bertz CT molecular complexity index is 651. The summed E-state index contributed by atoms with van der Waals surface area (Å²) in [5, 5.41) is 10.6. The van der Waals surface area contributed by atoms with E-state index in [0.29, 0.717) is 22.9 Å². The van der Waals surface area contributed by atoms with Gasteiger partial charge in [-0.05, 0) is 0 Å². The maximum atomic E-state index is 10.8. The Morgan fingerprint density at radius 3 is 2.89 bits per heavy atom. The lowest BCUT2D eigenvalue weighted by atomic mass is 10.5. The number of aromatic amines is 1. The summed E-state index contributed by atoms with van der Waals surface area (Å²) in [5.74, 6) is 0.694. The van der Waals surface area contributed by atoms with E-state index in [-0.39, 0.29) is 12.3 Å². The molecule has 0 aliphatic heterocycles. The Hall–Kier alpha value is -1.94. The normalized spacial score (nSPS) is 11.7. The molecular weight excluding hydrogens is 258 g/mol. The van der Waals surface area contributed by atoms with E-state index in [1.54, 1.807) is 7.05 Å². The predicted molar refractivity (Wildman–Crippen MR) is 67.7 cm³/mol. The molecule has 0 atom stereocenters. The van der Waals surface area contributed by atoms with E-state index < -0.39 is 10.0 Å². The summed E-state index contributed by atoms with van der Waals surface area (Å²) in [6.07, 6.45) is 1.49. The molecule has 0 unspecified atom stereocenters. The van der Waals surface area contributed by atoms with Crippen LogP contribution in [0.3, 0.4) is 0 Å². The second-order valence-corrected chi connectivity index (χ2v) is 5.27. The standard InChI is InChI=1S/C8H13N7O2S/c1-10-8-14-6(11-2-3-18(9,16)17)5-7(15-8)13-4-12-5/h4H,2-3H2,1H3,(H2,9,16,17)(H3,10,11,12,13,14,15). The van der Waals surface area contributed by atoms with Gasteiger partial charge in [0, 0.05) is 13.6 Å². The molecule has 0 amide bonds. The van der Waals surface area contributed by atoms with Gasteiger partial charge in [0.15, 0.2) is 11.5 Å². The van der Waals surface area contributed by atoms with Crippen molar-refractivity contribution in [1.82, 2.24) is 19.9 Å². The summed E-state index contributed by atoms with van der Waals surface area (Å²) < 4.78 is 21.7. The van der Waals surface area contributed by atoms with E-state index in [1.165, 1.54) is 6.33 Å². The van der Waals surface area contributed by atoms with Crippen LogP contribution in [-0.4, -0.2) is 47.7 Å². The van der Waals surface area contributed by atoms with E-state index in [9.17, 15) is 8.42 Å². The van der Waals surface area contributed by atoms with Crippen LogP contribution >= 0.6 is 0 Å². The van der Waals surface area contributed by atoms with Crippen LogP contribution in [0.15, 0.2) is 6.33 Å². The molecule has 0 aliphatic rings. The minimum atomic E-state index is -3.50. The van der Waals surface area contributed by atoms with Crippen molar-refractivity contribution in [1.29, 1.82) is 0 Å². The lowest BCUT2D eigenvalue weighted by Crippen LogP contribution is -2.22. The number of nitrogens with one attached hydrogen (secondary N) is 3. The van der Waals surface area contributed by atoms with Gasteiger partial charge in [-0.2, -0.15) is 9.97 Å². The van der Waals surface area contributed by atoms with Crippen molar-refractivity contribution in [3.8, 4) is 0 Å². The highest BCUT2D eigenvalue weighted by Gasteiger charge is 2.10. The topological polar surface area (TPSA) is 139 Å². The van der Waals surface area contributed by atoms with Gasteiger partial charge in [0.2, 0.25) is 16.0 Å². The van der Waals surface area contributed by atoms with Gasteiger partial charge >= 0.3 is 0 Å². The predicted octanol–water partition coefficient (Wildman–Crippen LogP) is -0.905. The molecule has 0 aliphatic carbocycles. The van der Waals surface area contributed by atoms with Crippen molar-refractivity contribution in [2.45, 2.75) is 0 Å². The summed E-state index contributed by atoms with van der Waals surface area (Å²) in [6, 6.07) is 0. The Kier molecular flexibility index (Phi) is 3.30. The molecule has 2 rings (SSSR count). The van der Waals surface area contributed by atoms with Crippen molar-refractivity contribution in [2.75, 3.05) is 30.0 Å². The fraction of sp³-hybridized carbons (Fsp3) is 0.375. The Balaban J connectivity index is 2.23. The summed E-state index contributed by atoms with van der Waals surface area (Å²) in [4.78, 5) is 15.2. The van der Waals surface area contributed by atoms with Gasteiger partial charge in [-0.15, -0.1) is 0 Å². The fourth-order valence-electron chi connectivity index (χ4n) is 1.38. The van der Waals surface area contributed by atoms with Crippen LogP contribution in [0.4, 0.5) is 11.8 Å². The zero-order valence-corrected chi connectivity index (χ0v) is 10.5. The number of primary sulfonamides is 1. The number of nitrogens with zero attached hydrogens (tertiary/aromatic N) is 3. The first kappa shape index (κ1) is 12.5. The van der Waals surface area contributed by atoms with E-state index in [0.717, 1.165) is 0 Å². The number of rotatable bonds is 5. The number of hydrogen-bond donors (Lipinski definition) is 4. The van der Waals surface area contributed by atoms with Gasteiger partial charge in [-0.25, -0.2) is 18.5 Å². The quantitative estimate of drug-likeness (QED) is 0.552.